The van der Waals surface area contributed by atoms with Gasteiger partial charge in [0.1, 0.15) is 0 Å². The van der Waals surface area contributed by atoms with Crippen LogP contribution in [0.15, 0.2) is 0 Å². The van der Waals surface area contributed by atoms with E-state index < -0.39 is 0 Å². The molecule has 0 aliphatic heterocycles. The van der Waals surface area contributed by atoms with E-state index in [1.165, 1.54) is 0 Å². The van der Waals surface area contributed by atoms with Crippen molar-refractivity contribution in [1.82, 2.24) is 5.32 Å². The van der Waals surface area contributed by atoms with Gasteiger partial charge in [-0.25, -0.2) is 0 Å². The molecule has 0 radical (unpaired) electrons. The number of rotatable bonds is 5. The van der Waals surface area contributed by atoms with Crippen LogP contribution < -0.4 is 5.32 Å². The maximum Gasteiger partial charge on any atom is 0.219 e. The minimum Gasteiger partial charge on any atom is -0.393 e. The Hall–Kier alpha value is -0.570. The number of carbonyl (C=O) groups is 1. The molecule has 3 heteroatoms. The van der Waals surface area contributed by atoms with Gasteiger partial charge in [0.2, 0.25) is 5.91 Å². The third kappa shape index (κ3) is 5.97. The third-order valence-corrected chi connectivity index (χ3v) is 2.22. The highest BCUT2D eigenvalue weighted by molar-refractivity contribution is 5.75. The molecule has 0 aliphatic rings. The highest BCUT2D eigenvalue weighted by Crippen LogP contribution is 2.20. The molecule has 84 valence electrons. The van der Waals surface area contributed by atoms with E-state index in [0.29, 0.717) is 19.4 Å². The van der Waals surface area contributed by atoms with Crippen molar-refractivity contribution in [2.45, 2.75) is 53.1 Å². The van der Waals surface area contributed by atoms with E-state index in [-0.39, 0.29) is 17.4 Å². The number of amides is 1. The average Bonchev–Trinajstić information content (AvgIpc) is 2.02. The minimum absolute atomic E-state index is 0.0774. The largest absolute Gasteiger partial charge is 0.393 e. The number of hydrogen-bond donors (Lipinski definition) is 2. The summed E-state index contributed by atoms with van der Waals surface area (Å²) in [6.07, 6.45) is 1.71. The quantitative estimate of drug-likeness (QED) is 0.711. The van der Waals surface area contributed by atoms with Gasteiger partial charge in [0.25, 0.3) is 0 Å². The Bertz CT molecular complexity index is 173. The Morgan fingerprint density at radius 1 is 1.43 bits per heavy atom. The van der Waals surface area contributed by atoms with Crippen molar-refractivity contribution in [2.75, 3.05) is 6.54 Å². The van der Waals surface area contributed by atoms with Crippen LogP contribution in [0.2, 0.25) is 0 Å². The van der Waals surface area contributed by atoms with E-state index in [0.717, 1.165) is 6.42 Å². The maximum absolute atomic E-state index is 11.1. The van der Waals surface area contributed by atoms with Crippen molar-refractivity contribution in [3.63, 3.8) is 0 Å². The predicted molar refractivity (Wildman–Crippen MR) is 58.0 cm³/mol. The van der Waals surface area contributed by atoms with Gasteiger partial charge < -0.3 is 10.4 Å². The number of aliphatic hydroxyl groups excluding tert-OH is 1. The molecular formula is C11H23NO2. The molecule has 0 aromatic carbocycles. The van der Waals surface area contributed by atoms with Crippen LogP contribution in [0.5, 0.6) is 0 Å². The van der Waals surface area contributed by atoms with Gasteiger partial charge in [-0.1, -0.05) is 27.7 Å². The first-order chi connectivity index (χ1) is 6.38. The Kier molecular flexibility index (Phi) is 5.77. The molecule has 1 unspecified atom stereocenters. The molecule has 2 N–H and O–H groups in total. The number of nitrogens with one attached hydrogen (secondary N) is 1. The summed E-state index contributed by atoms with van der Waals surface area (Å²) in [5.41, 5.74) is -0.102. The van der Waals surface area contributed by atoms with Crippen molar-refractivity contribution in [3.8, 4) is 0 Å². The molecule has 0 aromatic heterocycles. The summed E-state index contributed by atoms with van der Waals surface area (Å²) in [6.45, 7) is 8.52. The van der Waals surface area contributed by atoms with E-state index >= 15 is 0 Å². The molecule has 3 nitrogen and oxygen atoms in total. The van der Waals surface area contributed by atoms with Gasteiger partial charge in [-0.3, -0.25) is 4.79 Å². The van der Waals surface area contributed by atoms with Gasteiger partial charge in [0.15, 0.2) is 0 Å². The summed E-state index contributed by atoms with van der Waals surface area (Å²) >= 11 is 0. The summed E-state index contributed by atoms with van der Waals surface area (Å²) in [6, 6.07) is 0. The molecule has 0 spiro atoms. The first-order valence-corrected chi connectivity index (χ1v) is 5.32. The normalized spacial score (nSPS) is 13.8. The van der Waals surface area contributed by atoms with Crippen LogP contribution >= 0.6 is 0 Å². The van der Waals surface area contributed by atoms with E-state index in [4.69, 9.17) is 0 Å². The fourth-order valence-corrected chi connectivity index (χ4v) is 1.10. The second-order valence-corrected chi connectivity index (χ2v) is 4.77. The average molecular weight is 201 g/mol. The molecule has 0 bridgehead atoms. The Morgan fingerprint density at radius 2 is 2.00 bits per heavy atom. The molecular weight excluding hydrogens is 178 g/mol. The van der Waals surface area contributed by atoms with E-state index in [9.17, 15) is 9.90 Å². The number of aliphatic hydroxyl groups is 1. The highest BCUT2D eigenvalue weighted by atomic mass is 16.3. The summed E-state index contributed by atoms with van der Waals surface area (Å²) in [7, 11) is 0. The van der Waals surface area contributed by atoms with Gasteiger partial charge >= 0.3 is 0 Å². The van der Waals surface area contributed by atoms with Gasteiger partial charge in [-0.15, -0.1) is 0 Å². The molecule has 14 heavy (non-hydrogen) atoms. The highest BCUT2D eigenvalue weighted by Gasteiger charge is 2.21. The number of carbonyl (C=O) groups excluding carboxylic acids is 1. The van der Waals surface area contributed by atoms with Crippen molar-refractivity contribution in [2.24, 2.45) is 5.41 Å². The van der Waals surface area contributed by atoms with Crippen molar-refractivity contribution in [1.29, 1.82) is 0 Å². The standard InChI is InChI=1S/C11H23NO2/c1-5-6-10(14)12-8-7-9(13)11(2,3)4/h9,13H,5-8H2,1-4H3,(H,12,14). The van der Waals surface area contributed by atoms with Gasteiger partial charge in [0.05, 0.1) is 6.10 Å². The summed E-state index contributed by atoms with van der Waals surface area (Å²) in [4.78, 5) is 11.1. The second-order valence-electron chi connectivity index (χ2n) is 4.77. The first-order valence-electron chi connectivity index (χ1n) is 5.32. The summed E-state index contributed by atoms with van der Waals surface area (Å²) in [5.74, 6) is 0.0774. The smallest absolute Gasteiger partial charge is 0.219 e. The fraction of sp³-hybridized carbons (Fsp3) is 0.909. The molecule has 1 amide bonds. The third-order valence-electron chi connectivity index (χ3n) is 2.22. The molecule has 0 saturated heterocycles. The lowest BCUT2D eigenvalue weighted by Crippen LogP contribution is -2.32. The second kappa shape index (κ2) is 6.02. The molecule has 1 atom stereocenters. The summed E-state index contributed by atoms with van der Waals surface area (Å²) < 4.78 is 0. The predicted octanol–water partition coefficient (Wildman–Crippen LogP) is 1.70. The lowest BCUT2D eigenvalue weighted by Gasteiger charge is -2.25. The zero-order valence-corrected chi connectivity index (χ0v) is 9.76. The topological polar surface area (TPSA) is 49.3 Å². The monoisotopic (exact) mass is 201 g/mol. The van der Waals surface area contributed by atoms with Gasteiger partial charge in [-0.05, 0) is 18.3 Å². The number of hydrogen-bond acceptors (Lipinski definition) is 2. The van der Waals surface area contributed by atoms with Crippen LogP contribution in [0.1, 0.15) is 47.0 Å². The van der Waals surface area contributed by atoms with Crippen LogP contribution in [-0.4, -0.2) is 23.7 Å². The molecule has 0 aliphatic carbocycles. The Balaban J connectivity index is 3.59. The molecule has 0 heterocycles. The van der Waals surface area contributed by atoms with Crippen LogP contribution in [0.4, 0.5) is 0 Å². The van der Waals surface area contributed by atoms with Crippen molar-refractivity contribution in [3.05, 3.63) is 0 Å². The van der Waals surface area contributed by atoms with Crippen LogP contribution in [-0.2, 0) is 4.79 Å². The van der Waals surface area contributed by atoms with Crippen LogP contribution in [0.3, 0.4) is 0 Å². The molecule has 0 saturated carbocycles. The van der Waals surface area contributed by atoms with E-state index in [2.05, 4.69) is 5.32 Å². The lowest BCUT2D eigenvalue weighted by atomic mass is 9.87. The fourth-order valence-electron chi connectivity index (χ4n) is 1.10. The molecule has 0 fully saturated rings. The molecule has 0 aromatic rings. The van der Waals surface area contributed by atoms with E-state index in [1.807, 2.05) is 27.7 Å². The Morgan fingerprint density at radius 3 is 2.43 bits per heavy atom. The Labute approximate surface area is 86.9 Å². The van der Waals surface area contributed by atoms with Gasteiger partial charge in [0, 0.05) is 13.0 Å². The maximum atomic E-state index is 11.1. The van der Waals surface area contributed by atoms with Crippen LogP contribution in [0.25, 0.3) is 0 Å². The van der Waals surface area contributed by atoms with Gasteiger partial charge in [-0.2, -0.15) is 0 Å². The zero-order chi connectivity index (χ0) is 11.2. The first kappa shape index (κ1) is 13.4. The SMILES string of the molecule is CCCC(=O)NCCC(O)C(C)(C)C. The van der Waals surface area contributed by atoms with E-state index in [1.54, 1.807) is 0 Å². The van der Waals surface area contributed by atoms with Crippen molar-refractivity contribution >= 4 is 5.91 Å². The van der Waals surface area contributed by atoms with Crippen molar-refractivity contribution < 1.29 is 9.90 Å². The summed E-state index contributed by atoms with van der Waals surface area (Å²) in [5, 5.41) is 12.5. The lowest BCUT2D eigenvalue weighted by molar-refractivity contribution is -0.121. The zero-order valence-electron chi connectivity index (χ0n) is 9.76. The van der Waals surface area contributed by atoms with Crippen LogP contribution in [0, 0.1) is 5.41 Å². The molecule has 0 rings (SSSR count). The minimum atomic E-state index is -0.357.